The second kappa shape index (κ2) is 10.0. The van der Waals surface area contributed by atoms with Crippen LogP contribution in [0, 0.1) is 0 Å². The zero-order chi connectivity index (χ0) is 23.2. The van der Waals surface area contributed by atoms with Crippen LogP contribution >= 0.6 is 0 Å². The van der Waals surface area contributed by atoms with Crippen molar-refractivity contribution in [2.45, 2.75) is 6.54 Å². The highest BCUT2D eigenvalue weighted by atomic mass is 14.9. The zero-order valence-corrected chi connectivity index (χ0v) is 18.7. The van der Waals surface area contributed by atoms with Crippen LogP contribution in [0.3, 0.4) is 0 Å². The average Bonchev–Trinajstić information content (AvgIpc) is 2.93. The standard InChI is InChI=1S/C21H17N3.C9H7N/c22-14-15-10-12-17(13-11-15)21-23-19-9-5-4-8-18(19)20(24-21)16-6-2-1-3-7-16;1-2-6-9-8(4-1)5-3-7-10-9/h1-13H,14,22H2;1-7H. The Balaban J connectivity index is 0.000000200. The van der Waals surface area contributed by atoms with Crippen LogP contribution in [0.1, 0.15) is 5.56 Å². The highest BCUT2D eigenvalue weighted by Crippen LogP contribution is 2.28. The highest BCUT2D eigenvalue weighted by Gasteiger charge is 2.10. The number of rotatable bonds is 3. The van der Waals surface area contributed by atoms with Crippen LogP contribution in [0.25, 0.3) is 44.5 Å². The van der Waals surface area contributed by atoms with Gasteiger partial charge in [-0.3, -0.25) is 4.98 Å². The van der Waals surface area contributed by atoms with E-state index in [4.69, 9.17) is 15.7 Å². The van der Waals surface area contributed by atoms with E-state index < -0.39 is 0 Å². The summed E-state index contributed by atoms with van der Waals surface area (Å²) in [6, 6.07) is 38.5. The van der Waals surface area contributed by atoms with Crippen LogP contribution < -0.4 is 5.73 Å². The van der Waals surface area contributed by atoms with Gasteiger partial charge in [0.05, 0.1) is 16.7 Å². The lowest BCUT2D eigenvalue weighted by molar-refractivity contribution is 1.07. The van der Waals surface area contributed by atoms with Crippen molar-refractivity contribution in [2.75, 3.05) is 0 Å². The van der Waals surface area contributed by atoms with Crippen molar-refractivity contribution in [3.63, 3.8) is 0 Å². The number of aromatic nitrogens is 3. The van der Waals surface area contributed by atoms with Crippen molar-refractivity contribution in [3.8, 4) is 22.6 Å². The zero-order valence-electron chi connectivity index (χ0n) is 18.7. The van der Waals surface area contributed by atoms with Gasteiger partial charge in [0, 0.05) is 34.6 Å². The summed E-state index contributed by atoms with van der Waals surface area (Å²) in [5.41, 5.74) is 11.8. The molecule has 6 rings (SSSR count). The van der Waals surface area contributed by atoms with E-state index in [2.05, 4.69) is 35.3 Å². The minimum absolute atomic E-state index is 0.536. The first-order valence-corrected chi connectivity index (χ1v) is 11.2. The van der Waals surface area contributed by atoms with Gasteiger partial charge in [-0.15, -0.1) is 0 Å². The molecule has 4 heteroatoms. The lowest BCUT2D eigenvalue weighted by Gasteiger charge is -2.09. The van der Waals surface area contributed by atoms with Gasteiger partial charge in [0.25, 0.3) is 0 Å². The maximum atomic E-state index is 5.68. The summed E-state index contributed by atoms with van der Waals surface area (Å²) in [5.74, 6) is 0.733. The van der Waals surface area contributed by atoms with Crippen LogP contribution in [0.4, 0.5) is 0 Å². The van der Waals surface area contributed by atoms with Gasteiger partial charge in [0.1, 0.15) is 0 Å². The van der Waals surface area contributed by atoms with Gasteiger partial charge in [-0.25, -0.2) is 9.97 Å². The molecule has 2 heterocycles. The Bertz CT molecular complexity index is 1460. The van der Waals surface area contributed by atoms with E-state index in [0.29, 0.717) is 6.54 Å². The lowest BCUT2D eigenvalue weighted by Crippen LogP contribution is -1.97. The van der Waals surface area contributed by atoms with Crippen molar-refractivity contribution in [1.29, 1.82) is 0 Å². The maximum Gasteiger partial charge on any atom is 0.160 e. The third-order valence-electron chi connectivity index (χ3n) is 5.61. The fourth-order valence-corrected chi connectivity index (χ4v) is 3.83. The predicted octanol–water partition coefficient (Wildman–Crippen LogP) is 6.66. The number of fused-ring (bicyclic) bond motifs is 2. The number of nitrogens with two attached hydrogens (primary N) is 1. The van der Waals surface area contributed by atoms with Gasteiger partial charge < -0.3 is 5.73 Å². The topological polar surface area (TPSA) is 64.7 Å². The third kappa shape index (κ3) is 4.68. The number of hydrogen-bond acceptors (Lipinski definition) is 4. The molecule has 0 aliphatic rings. The molecule has 4 nitrogen and oxygen atoms in total. The second-order valence-corrected chi connectivity index (χ2v) is 7.88. The molecule has 0 amide bonds. The summed E-state index contributed by atoms with van der Waals surface area (Å²) >= 11 is 0. The van der Waals surface area contributed by atoms with E-state index >= 15 is 0 Å². The molecule has 0 aliphatic heterocycles. The highest BCUT2D eigenvalue weighted by molar-refractivity contribution is 5.93. The molecule has 0 atom stereocenters. The van der Waals surface area contributed by atoms with Crippen LogP contribution in [0.2, 0.25) is 0 Å². The Morgan fingerprint density at radius 1 is 0.559 bits per heavy atom. The average molecular weight is 441 g/mol. The van der Waals surface area contributed by atoms with E-state index in [1.165, 1.54) is 5.39 Å². The molecule has 164 valence electrons. The Morgan fingerprint density at radius 3 is 2.00 bits per heavy atom. The molecule has 0 saturated carbocycles. The molecule has 2 aromatic heterocycles. The summed E-state index contributed by atoms with van der Waals surface area (Å²) in [4.78, 5) is 13.8. The van der Waals surface area contributed by atoms with Gasteiger partial charge >= 0.3 is 0 Å². The van der Waals surface area contributed by atoms with Gasteiger partial charge in [-0.1, -0.05) is 97.1 Å². The molecular weight excluding hydrogens is 416 g/mol. The van der Waals surface area contributed by atoms with E-state index in [9.17, 15) is 0 Å². The molecular formula is C30H24N4. The number of pyridine rings is 1. The normalized spacial score (nSPS) is 10.6. The molecule has 4 aromatic carbocycles. The largest absolute Gasteiger partial charge is 0.326 e. The number of nitrogens with zero attached hydrogens (tertiary/aromatic N) is 3. The Morgan fingerprint density at radius 2 is 1.24 bits per heavy atom. The van der Waals surface area contributed by atoms with Gasteiger partial charge in [-0.2, -0.15) is 0 Å². The molecule has 0 bridgehead atoms. The fraction of sp³-hybridized carbons (Fsp3) is 0.0333. The Labute approximate surface area is 198 Å². The Kier molecular flexibility index (Phi) is 6.32. The fourth-order valence-electron chi connectivity index (χ4n) is 3.83. The van der Waals surface area contributed by atoms with E-state index in [1.807, 2.05) is 91.1 Å². The molecule has 0 radical (unpaired) electrons. The monoisotopic (exact) mass is 440 g/mol. The van der Waals surface area contributed by atoms with Crippen LogP contribution in [-0.2, 0) is 6.54 Å². The van der Waals surface area contributed by atoms with Crippen LogP contribution in [0.5, 0.6) is 0 Å². The first-order chi connectivity index (χ1) is 16.8. The van der Waals surface area contributed by atoms with Crippen molar-refractivity contribution in [1.82, 2.24) is 15.0 Å². The Hall–Kier alpha value is -4.41. The number of hydrogen-bond donors (Lipinski definition) is 1. The van der Waals surface area contributed by atoms with Gasteiger partial charge in [0.15, 0.2) is 5.82 Å². The molecule has 0 saturated heterocycles. The van der Waals surface area contributed by atoms with Crippen LogP contribution in [-0.4, -0.2) is 15.0 Å². The molecule has 0 spiro atoms. The summed E-state index contributed by atoms with van der Waals surface area (Å²) in [6.45, 7) is 0.536. The molecule has 34 heavy (non-hydrogen) atoms. The first kappa shape index (κ1) is 21.4. The minimum atomic E-state index is 0.536. The van der Waals surface area contributed by atoms with Gasteiger partial charge in [0.2, 0.25) is 0 Å². The van der Waals surface area contributed by atoms with Gasteiger partial charge in [-0.05, 0) is 23.8 Å². The molecule has 2 N–H and O–H groups in total. The summed E-state index contributed by atoms with van der Waals surface area (Å²) in [7, 11) is 0. The summed E-state index contributed by atoms with van der Waals surface area (Å²) in [6.07, 6.45) is 1.81. The second-order valence-electron chi connectivity index (χ2n) is 7.88. The number of para-hydroxylation sites is 2. The lowest BCUT2D eigenvalue weighted by atomic mass is 10.1. The maximum absolute atomic E-state index is 5.68. The van der Waals surface area contributed by atoms with E-state index in [1.54, 1.807) is 0 Å². The smallest absolute Gasteiger partial charge is 0.160 e. The van der Waals surface area contributed by atoms with Crippen molar-refractivity contribution in [3.05, 3.63) is 127 Å². The quantitative estimate of drug-likeness (QED) is 0.334. The molecule has 0 fully saturated rings. The number of benzene rings is 4. The molecule has 6 aromatic rings. The van der Waals surface area contributed by atoms with Crippen molar-refractivity contribution >= 4 is 21.8 Å². The third-order valence-corrected chi connectivity index (χ3v) is 5.61. The summed E-state index contributed by atoms with van der Waals surface area (Å²) in [5, 5.41) is 2.26. The van der Waals surface area contributed by atoms with Crippen molar-refractivity contribution < 1.29 is 0 Å². The van der Waals surface area contributed by atoms with Crippen LogP contribution in [0.15, 0.2) is 121 Å². The van der Waals surface area contributed by atoms with E-state index in [-0.39, 0.29) is 0 Å². The minimum Gasteiger partial charge on any atom is -0.326 e. The van der Waals surface area contributed by atoms with E-state index in [0.717, 1.165) is 44.6 Å². The van der Waals surface area contributed by atoms with Crippen molar-refractivity contribution in [2.24, 2.45) is 5.73 Å². The molecule has 0 unspecified atom stereocenters. The molecule has 0 aliphatic carbocycles. The SMILES string of the molecule is NCc1ccc(-c2nc(-c3ccccc3)c3ccccc3n2)cc1.c1ccc2ncccc2c1. The first-order valence-electron chi connectivity index (χ1n) is 11.2. The summed E-state index contributed by atoms with van der Waals surface area (Å²) < 4.78 is 0. The predicted molar refractivity (Wildman–Crippen MR) is 140 cm³/mol.